The van der Waals surface area contributed by atoms with Crippen LogP contribution in [0.3, 0.4) is 0 Å². The second kappa shape index (κ2) is 8.75. The normalized spacial score (nSPS) is 15.3. The Morgan fingerprint density at radius 3 is 2.97 bits per heavy atom. The van der Waals surface area contributed by atoms with Crippen molar-refractivity contribution in [3.8, 4) is 6.07 Å². The van der Waals surface area contributed by atoms with Crippen LogP contribution in [-0.4, -0.2) is 45.8 Å². The average Bonchev–Trinajstić information content (AvgIpc) is 3.03. The van der Waals surface area contributed by atoms with Crippen LogP contribution in [0, 0.1) is 11.3 Å². The van der Waals surface area contributed by atoms with E-state index in [1.54, 1.807) is 22.9 Å². The van der Waals surface area contributed by atoms with Crippen molar-refractivity contribution < 1.29 is 0 Å². The molecular formula is C20H22ClN9O. The largest absolute Gasteiger partial charge is 0.382 e. The van der Waals surface area contributed by atoms with Crippen LogP contribution in [0.15, 0.2) is 29.3 Å². The smallest absolute Gasteiger partial charge is 0.281 e. The number of nitrogens with one attached hydrogen (secondary N) is 2. The Balaban J connectivity index is 1.86. The lowest BCUT2D eigenvalue weighted by molar-refractivity contribution is 0.535. The molecule has 1 unspecified atom stereocenters. The van der Waals surface area contributed by atoms with Gasteiger partial charge in [0.25, 0.3) is 5.56 Å². The van der Waals surface area contributed by atoms with Gasteiger partial charge < -0.3 is 21.4 Å². The molecule has 160 valence electrons. The Morgan fingerprint density at radius 1 is 1.32 bits per heavy atom. The zero-order chi connectivity index (χ0) is 22.0. The standard InChI is InChI=1S/C20H22ClN9O/c1-12(27-18-13(10-22)17(23)25-11-26-18)19-28-15-5-2-4-14(21)16(15)20(31)30(19)29-8-3-6-24-7-9-29/h2,4-5,11-12,24H,3,6-9H2,1H3,(H3,23,25,26,27). The summed E-state index contributed by atoms with van der Waals surface area (Å²) in [5.41, 5.74) is 6.23. The molecule has 2 aromatic heterocycles. The molecule has 10 nitrogen and oxygen atoms in total. The number of aromatic nitrogens is 4. The summed E-state index contributed by atoms with van der Waals surface area (Å²) in [6.07, 6.45) is 2.17. The van der Waals surface area contributed by atoms with Gasteiger partial charge in [-0.1, -0.05) is 17.7 Å². The molecule has 0 radical (unpaired) electrons. The van der Waals surface area contributed by atoms with Gasteiger partial charge in [-0.15, -0.1) is 0 Å². The lowest BCUT2D eigenvalue weighted by Gasteiger charge is -2.29. The Kier molecular flexibility index (Phi) is 5.88. The lowest BCUT2D eigenvalue weighted by atomic mass is 10.2. The summed E-state index contributed by atoms with van der Waals surface area (Å²) in [6, 6.07) is 6.76. The van der Waals surface area contributed by atoms with Gasteiger partial charge in [0.2, 0.25) is 0 Å². The number of hydrogen-bond donors (Lipinski definition) is 3. The number of halogens is 1. The minimum Gasteiger partial charge on any atom is -0.382 e. The molecule has 1 aliphatic heterocycles. The number of nitrogen functional groups attached to an aromatic ring is 1. The first-order chi connectivity index (χ1) is 15.0. The highest BCUT2D eigenvalue weighted by Crippen LogP contribution is 2.24. The van der Waals surface area contributed by atoms with Gasteiger partial charge in [0, 0.05) is 19.6 Å². The molecule has 11 heteroatoms. The van der Waals surface area contributed by atoms with Crippen molar-refractivity contribution in [1.82, 2.24) is 24.9 Å². The highest BCUT2D eigenvalue weighted by Gasteiger charge is 2.24. The first kappa shape index (κ1) is 20.8. The molecule has 0 saturated carbocycles. The maximum absolute atomic E-state index is 13.6. The van der Waals surface area contributed by atoms with Gasteiger partial charge in [0.05, 0.1) is 22.0 Å². The predicted octanol–water partition coefficient (Wildman–Crippen LogP) is 1.40. The van der Waals surface area contributed by atoms with Crippen LogP contribution in [0.1, 0.15) is 30.8 Å². The second-order valence-corrected chi connectivity index (χ2v) is 7.65. The molecule has 1 aliphatic rings. The maximum atomic E-state index is 13.6. The van der Waals surface area contributed by atoms with Crippen LogP contribution < -0.4 is 26.9 Å². The summed E-state index contributed by atoms with van der Waals surface area (Å²) in [4.78, 5) is 26.3. The zero-order valence-corrected chi connectivity index (χ0v) is 17.7. The molecule has 1 saturated heterocycles. The molecule has 31 heavy (non-hydrogen) atoms. The number of nitriles is 1. The van der Waals surface area contributed by atoms with Crippen LogP contribution in [-0.2, 0) is 0 Å². The van der Waals surface area contributed by atoms with Gasteiger partial charge >= 0.3 is 0 Å². The number of fused-ring (bicyclic) bond motifs is 1. The molecule has 4 rings (SSSR count). The van der Waals surface area contributed by atoms with Crippen molar-refractivity contribution in [2.45, 2.75) is 19.4 Å². The topological polar surface area (TPSA) is 138 Å². The third kappa shape index (κ3) is 3.97. The van der Waals surface area contributed by atoms with Crippen molar-refractivity contribution in [3.63, 3.8) is 0 Å². The van der Waals surface area contributed by atoms with E-state index >= 15 is 0 Å². The first-order valence-electron chi connectivity index (χ1n) is 9.95. The number of nitrogens with two attached hydrogens (primary N) is 1. The summed E-state index contributed by atoms with van der Waals surface area (Å²) >= 11 is 6.36. The monoisotopic (exact) mass is 439 g/mol. The SMILES string of the molecule is CC(Nc1ncnc(N)c1C#N)c1nc2cccc(Cl)c2c(=O)n1N1CCCNCC1. The lowest BCUT2D eigenvalue weighted by Crippen LogP contribution is -2.47. The Hall–Kier alpha value is -3.42. The predicted molar refractivity (Wildman–Crippen MR) is 120 cm³/mol. The number of nitrogens with zero attached hydrogens (tertiary/aromatic N) is 6. The highest BCUT2D eigenvalue weighted by molar-refractivity contribution is 6.35. The van der Waals surface area contributed by atoms with Crippen LogP contribution >= 0.6 is 11.6 Å². The van der Waals surface area contributed by atoms with Gasteiger partial charge in [-0.25, -0.2) is 19.6 Å². The van der Waals surface area contributed by atoms with Crippen molar-refractivity contribution in [3.05, 3.63) is 51.3 Å². The molecule has 3 heterocycles. The quantitative estimate of drug-likeness (QED) is 0.550. The molecule has 0 aliphatic carbocycles. The van der Waals surface area contributed by atoms with Crippen LogP contribution in [0.4, 0.5) is 11.6 Å². The molecule has 1 atom stereocenters. The van der Waals surface area contributed by atoms with Crippen LogP contribution in [0.2, 0.25) is 5.02 Å². The van der Waals surface area contributed by atoms with Crippen LogP contribution in [0.25, 0.3) is 10.9 Å². The Labute approximate surface area is 183 Å². The highest BCUT2D eigenvalue weighted by atomic mass is 35.5. The molecule has 0 bridgehead atoms. The molecule has 1 aromatic carbocycles. The number of benzene rings is 1. The molecule has 3 aromatic rings. The maximum Gasteiger partial charge on any atom is 0.281 e. The van der Waals surface area contributed by atoms with Crippen molar-refractivity contribution in [1.29, 1.82) is 5.26 Å². The van der Waals surface area contributed by atoms with E-state index in [9.17, 15) is 10.1 Å². The molecule has 4 N–H and O–H groups in total. The summed E-state index contributed by atoms with van der Waals surface area (Å²) < 4.78 is 1.59. The van der Waals surface area contributed by atoms with Crippen molar-refractivity contribution in [2.24, 2.45) is 0 Å². The average molecular weight is 440 g/mol. The van der Waals surface area contributed by atoms with Gasteiger partial charge in [-0.3, -0.25) is 4.79 Å². The van der Waals surface area contributed by atoms with E-state index in [-0.39, 0.29) is 22.8 Å². The number of anilines is 2. The fourth-order valence-electron chi connectivity index (χ4n) is 3.67. The molecule has 0 amide bonds. The van der Waals surface area contributed by atoms with E-state index in [0.717, 1.165) is 19.5 Å². The third-order valence-electron chi connectivity index (χ3n) is 5.18. The zero-order valence-electron chi connectivity index (χ0n) is 17.0. The van der Waals surface area contributed by atoms with Gasteiger partial charge in [0.1, 0.15) is 29.6 Å². The van der Waals surface area contributed by atoms with Gasteiger partial charge in [-0.2, -0.15) is 5.26 Å². The molecule has 1 fully saturated rings. The minimum absolute atomic E-state index is 0.0847. The third-order valence-corrected chi connectivity index (χ3v) is 5.49. The van der Waals surface area contributed by atoms with E-state index in [2.05, 4.69) is 20.6 Å². The van der Waals surface area contributed by atoms with E-state index in [0.29, 0.717) is 34.8 Å². The molecule has 0 spiro atoms. The van der Waals surface area contributed by atoms with Gasteiger partial charge in [-0.05, 0) is 32.0 Å². The summed E-state index contributed by atoms with van der Waals surface area (Å²) in [7, 11) is 0. The number of hydrogen-bond acceptors (Lipinski definition) is 9. The summed E-state index contributed by atoms with van der Waals surface area (Å²) in [5.74, 6) is 0.858. The summed E-state index contributed by atoms with van der Waals surface area (Å²) in [5, 5.41) is 18.7. The minimum atomic E-state index is -0.464. The summed E-state index contributed by atoms with van der Waals surface area (Å²) in [6.45, 7) is 4.80. The second-order valence-electron chi connectivity index (χ2n) is 7.24. The van der Waals surface area contributed by atoms with Crippen molar-refractivity contribution >= 4 is 34.1 Å². The van der Waals surface area contributed by atoms with Gasteiger partial charge in [0.15, 0.2) is 5.82 Å². The van der Waals surface area contributed by atoms with E-state index < -0.39 is 6.04 Å². The van der Waals surface area contributed by atoms with E-state index in [1.807, 2.05) is 18.0 Å². The first-order valence-corrected chi connectivity index (χ1v) is 10.3. The molecular weight excluding hydrogens is 418 g/mol. The van der Waals surface area contributed by atoms with E-state index in [1.165, 1.54) is 6.33 Å². The number of rotatable bonds is 4. The van der Waals surface area contributed by atoms with E-state index in [4.69, 9.17) is 22.3 Å². The fourth-order valence-corrected chi connectivity index (χ4v) is 3.92. The van der Waals surface area contributed by atoms with Crippen LogP contribution in [0.5, 0.6) is 0 Å². The Morgan fingerprint density at radius 2 is 2.16 bits per heavy atom. The Bertz CT molecular complexity index is 1210. The fraction of sp³-hybridized carbons (Fsp3) is 0.350. The van der Waals surface area contributed by atoms with Crippen molar-refractivity contribution in [2.75, 3.05) is 42.2 Å².